The number of carbonyl (C=O) groups is 1. The predicted octanol–water partition coefficient (Wildman–Crippen LogP) is 3.45. The van der Waals surface area contributed by atoms with Gasteiger partial charge in [0.05, 0.1) is 16.4 Å². The van der Waals surface area contributed by atoms with Gasteiger partial charge in [-0.3, -0.25) is 9.48 Å². The molecule has 8 heteroatoms. The Kier molecular flexibility index (Phi) is 4.94. The highest BCUT2D eigenvalue weighted by molar-refractivity contribution is 7.22. The van der Waals surface area contributed by atoms with Crippen LogP contribution in [0.15, 0.2) is 54.7 Å². The number of benzene rings is 2. The van der Waals surface area contributed by atoms with Crippen LogP contribution >= 0.6 is 11.3 Å². The SMILES string of the molecule is Cn1nccc1Nc1nc2ccc(C(=O)NCCc3ccc(O)cc3)cc2s1. The zero-order valence-electron chi connectivity index (χ0n) is 15.2. The van der Waals surface area contributed by atoms with Crippen LogP contribution in [0.2, 0.25) is 0 Å². The number of carbonyl (C=O) groups excluding carboxylic acids is 1. The molecule has 142 valence electrons. The van der Waals surface area contributed by atoms with Crippen molar-refractivity contribution in [2.24, 2.45) is 7.05 Å². The lowest BCUT2D eigenvalue weighted by Gasteiger charge is -2.05. The van der Waals surface area contributed by atoms with Gasteiger partial charge in [0.1, 0.15) is 11.6 Å². The van der Waals surface area contributed by atoms with Crippen LogP contribution in [0.5, 0.6) is 5.75 Å². The predicted molar refractivity (Wildman–Crippen MR) is 110 cm³/mol. The molecule has 2 aromatic carbocycles. The summed E-state index contributed by atoms with van der Waals surface area (Å²) in [5.41, 5.74) is 2.51. The first-order valence-electron chi connectivity index (χ1n) is 8.80. The molecule has 0 saturated heterocycles. The van der Waals surface area contributed by atoms with Gasteiger partial charge in [-0.1, -0.05) is 23.5 Å². The summed E-state index contributed by atoms with van der Waals surface area (Å²) in [7, 11) is 1.86. The zero-order chi connectivity index (χ0) is 19.5. The molecule has 0 saturated carbocycles. The Balaban J connectivity index is 1.41. The van der Waals surface area contributed by atoms with Crippen LogP contribution in [-0.4, -0.2) is 32.3 Å². The largest absolute Gasteiger partial charge is 0.508 e. The molecule has 0 atom stereocenters. The molecule has 2 aromatic heterocycles. The normalized spacial score (nSPS) is 10.9. The third-order valence-electron chi connectivity index (χ3n) is 4.34. The summed E-state index contributed by atoms with van der Waals surface area (Å²) >= 11 is 1.49. The van der Waals surface area contributed by atoms with Crippen LogP contribution < -0.4 is 10.6 Å². The second kappa shape index (κ2) is 7.69. The lowest BCUT2D eigenvalue weighted by molar-refractivity contribution is 0.0954. The van der Waals surface area contributed by atoms with E-state index in [0.717, 1.165) is 26.7 Å². The Bertz CT molecular complexity index is 1120. The number of nitrogens with zero attached hydrogens (tertiary/aromatic N) is 3. The number of amides is 1. The molecule has 4 aromatic rings. The van der Waals surface area contributed by atoms with E-state index in [1.807, 2.05) is 37.4 Å². The van der Waals surface area contributed by atoms with Gasteiger partial charge in [0.15, 0.2) is 5.13 Å². The number of aromatic hydroxyl groups is 1. The molecule has 2 heterocycles. The highest BCUT2D eigenvalue weighted by Crippen LogP contribution is 2.28. The minimum atomic E-state index is -0.116. The van der Waals surface area contributed by atoms with Gasteiger partial charge < -0.3 is 15.7 Å². The minimum absolute atomic E-state index is 0.116. The zero-order valence-corrected chi connectivity index (χ0v) is 16.0. The van der Waals surface area contributed by atoms with E-state index in [0.29, 0.717) is 18.5 Å². The number of aromatic nitrogens is 3. The van der Waals surface area contributed by atoms with Crippen LogP contribution in [0.1, 0.15) is 15.9 Å². The van der Waals surface area contributed by atoms with E-state index in [4.69, 9.17) is 0 Å². The van der Waals surface area contributed by atoms with Crippen molar-refractivity contribution in [3.8, 4) is 5.75 Å². The second-order valence-corrected chi connectivity index (χ2v) is 7.37. The van der Waals surface area contributed by atoms with E-state index < -0.39 is 0 Å². The molecule has 4 rings (SSSR count). The van der Waals surface area contributed by atoms with Crippen molar-refractivity contribution in [2.75, 3.05) is 11.9 Å². The molecule has 0 aliphatic rings. The van der Waals surface area contributed by atoms with Gasteiger partial charge in [-0.05, 0) is 42.3 Å². The first kappa shape index (κ1) is 18.0. The van der Waals surface area contributed by atoms with E-state index >= 15 is 0 Å². The third kappa shape index (κ3) is 3.96. The van der Waals surface area contributed by atoms with E-state index in [1.54, 1.807) is 29.1 Å². The maximum atomic E-state index is 12.4. The number of phenols is 1. The van der Waals surface area contributed by atoms with Gasteiger partial charge in [0.2, 0.25) is 0 Å². The molecule has 0 unspecified atom stereocenters. The summed E-state index contributed by atoms with van der Waals surface area (Å²) < 4.78 is 2.68. The summed E-state index contributed by atoms with van der Waals surface area (Å²) in [4.78, 5) is 17.0. The lowest BCUT2D eigenvalue weighted by Crippen LogP contribution is -2.25. The minimum Gasteiger partial charge on any atom is -0.508 e. The van der Waals surface area contributed by atoms with E-state index in [2.05, 4.69) is 20.7 Å². The molecule has 7 nitrogen and oxygen atoms in total. The smallest absolute Gasteiger partial charge is 0.251 e. The van der Waals surface area contributed by atoms with E-state index in [-0.39, 0.29) is 11.7 Å². The van der Waals surface area contributed by atoms with Crippen molar-refractivity contribution in [1.29, 1.82) is 0 Å². The molecule has 0 radical (unpaired) electrons. The molecular formula is C20H19N5O2S. The first-order valence-corrected chi connectivity index (χ1v) is 9.62. The Labute approximate surface area is 165 Å². The Hall–Kier alpha value is -3.39. The number of phenolic OH excluding ortho intramolecular Hbond substituents is 1. The summed E-state index contributed by atoms with van der Waals surface area (Å²) in [5.74, 6) is 0.976. The van der Waals surface area contributed by atoms with Crippen LogP contribution in [0, 0.1) is 0 Å². The lowest BCUT2D eigenvalue weighted by atomic mass is 10.1. The number of fused-ring (bicyclic) bond motifs is 1. The molecule has 28 heavy (non-hydrogen) atoms. The maximum absolute atomic E-state index is 12.4. The van der Waals surface area contributed by atoms with Gasteiger partial charge in [-0.15, -0.1) is 0 Å². The van der Waals surface area contributed by atoms with Gasteiger partial charge >= 0.3 is 0 Å². The Morgan fingerprint density at radius 2 is 2.00 bits per heavy atom. The topological polar surface area (TPSA) is 92.1 Å². The molecule has 0 bridgehead atoms. The summed E-state index contributed by atoms with van der Waals surface area (Å²) in [6.07, 6.45) is 2.42. The third-order valence-corrected chi connectivity index (χ3v) is 5.28. The number of aryl methyl sites for hydroxylation is 1. The molecule has 0 aliphatic heterocycles. The van der Waals surface area contributed by atoms with Crippen molar-refractivity contribution in [2.45, 2.75) is 6.42 Å². The Morgan fingerprint density at radius 1 is 1.18 bits per heavy atom. The quantitative estimate of drug-likeness (QED) is 0.467. The summed E-state index contributed by atoms with van der Waals surface area (Å²) in [6, 6.07) is 14.4. The molecule has 0 fully saturated rings. The van der Waals surface area contributed by atoms with Crippen molar-refractivity contribution in [3.63, 3.8) is 0 Å². The summed E-state index contributed by atoms with van der Waals surface area (Å²) in [5, 5.41) is 20.4. The van der Waals surface area contributed by atoms with Crippen molar-refractivity contribution in [1.82, 2.24) is 20.1 Å². The number of rotatable bonds is 6. The standard InChI is InChI=1S/C20H19N5O2S/c1-25-18(9-11-22-25)24-20-23-16-7-4-14(12-17(16)28-20)19(27)21-10-8-13-2-5-15(26)6-3-13/h2-7,9,11-12,26H,8,10H2,1H3,(H,21,27)(H,23,24). The number of hydrogen-bond acceptors (Lipinski definition) is 6. The number of thiazole rings is 1. The number of hydrogen-bond donors (Lipinski definition) is 3. The van der Waals surface area contributed by atoms with Gasteiger partial charge in [-0.25, -0.2) is 4.98 Å². The molecule has 1 amide bonds. The fourth-order valence-corrected chi connectivity index (χ4v) is 3.72. The fourth-order valence-electron chi connectivity index (χ4n) is 2.81. The van der Waals surface area contributed by atoms with Crippen LogP contribution in [-0.2, 0) is 13.5 Å². The van der Waals surface area contributed by atoms with Gasteiger partial charge in [0, 0.05) is 25.2 Å². The second-order valence-electron chi connectivity index (χ2n) is 6.34. The molecule has 0 aliphatic carbocycles. The van der Waals surface area contributed by atoms with Gasteiger partial charge in [0.25, 0.3) is 5.91 Å². The van der Waals surface area contributed by atoms with E-state index in [1.165, 1.54) is 11.3 Å². The highest BCUT2D eigenvalue weighted by Gasteiger charge is 2.10. The van der Waals surface area contributed by atoms with Crippen molar-refractivity contribution >= 4 is 38.4 Å². The first-order chi connectivity index (χ1) is 13.6. The van der Waals surface area contributed by atoms with E-state index in [9.17, 15) is 9.90 Å². The number of anilines is 2. The van der Waals surface area contributed by atoms with Crippen LogP contribution in [0.25, 0.3) is 10.2 Å². The maximum Gasteiger partial charge on any atom is 0.251 e. The monoisotopic (exact) mass is 393 g/mol. The average molecular weight is 393 g/mol. The molecular weight excluding hydrogens is 374 g/mol. The Morgan fingerprint density at radius 3 is 2.75 bits per heavy atom. The van der Waals surface area contributed by atoms with Crippen LogP contribution in [0.4, 0.5) is 10.9 Å². The van der Waals surface area contributed by atoms with Crippen LogP contribution in [0.3, 0.4) is 0 Å². The molecule has 0 spiro atoms. The van der Waals surface area contributed by atoms with Gasteiger partial charge in [-0.2, -0.15) is 5.10 Å². The average Bonchev–Trinajstić information content (AvgIpc) is 3.28. The molecule has 3 N–H and O–H groups in total. The van der Waals surface area contributed by atoms with Crippen molar-refractivity contribution < 1.29 is 9.90 Å². The van der Waals surface area contributed by atoms with Crippen molar-refractivity contribution in [3.05, 3.63) is 65.9 Å². The number of nitrogens with one attached hydrogen (secondary N) is 2. The highest BCUT2D eigenvalue weighted by atomic mass is 32.1. The summed E-state index contributed by atoms with van der Waals surface area (Å²) in [6.45, 7) is 0.525. The fraction of sp³-hybridized carbons (Fsp3) is 0.150.